The van der Waals surface area contributed by atoms with Crippen LogP contribution in [0.15, 0.2) is 18.2 Å². The summed E-state index contributed by atoms with van der Waals surface area (Å²) < 4.78 is 17.9. The molecule has 17 heavy (non-hydrogen) atoms. The van der Waals surface area contributed by atoms with Gasteiger partial charge < -0.3 is 4.74 Å². The first kappa shape index (κ1) is 14.0. The molecule has 0 unspecified atom stereocenters. The highest BCUT2D eigenvalue weighted by atomic mass is 35.5. The number of allylic oxidation sites excluding steroid dienone is 1. The molecule has 0 aromatic heterocycles. The third-order valence-corrected chi connectivity index (χ3v) is 2.61. The van der Waals surface area contributed by atoms with Crippen molar-refractivity contribution in [2.24, 2.45) is 0 Å². The zero-order valence-corrected chi connectivity index (χ0v) is 10.9. The maximum absolute atomic E-state index is 13.2. The molecule has 0 amide bonds. The highest BCUT2D eigenvalue weighted by Crippen LogP contribution is 2.28. The minimum atomic E-state index is -0.666. The van der Waals surface area contributed by atoms with Gasteiger partial charge in [-0.25, -0.2) is 9.18 Å². The fourth-order valence-electron chi connectivity index (χ4n) is 1.23. The van der Waals surface area contributed by atoms with Gasteiger partial charge in [-0.05, 0) is 37.1 Å². The number of halogens is 3. The third kappa shape index (κ3) is 3.72. The highest BCUT2D eigenvalue weighted by Gasteiger charge is 2.09. The average molecular weight is 277 g/mol. The minimum absolute atomic E-state index is 0.0795. The molecule has 92 valence electrons. The highest BCUT2D eigenvalue weighted by molar-refractivity contribution is 6.35. The first-order chi connectivity index (χ1) is 7.95. The van der Waals surface area contributed by atoms with Crippen LogP contribution in [0.4, 0.5) is 4.39 Å². The Morgan fingerprint density at radius 1 is 1.41 bits per heavy atom. The fraction of sp³-hybridized carbons (Fsp3) is 0.250. The lowest BCUT2D eigenvalue weighted by Gasteiger charge is -2.05. The van der Waals surface area contributed by atoms with E-state index in [0.29, 0.717) is 17.7 Å². The molecule has 0 aliphatic rings. The van der Waals surface area contributed by atoms with E-state index in [1.54, 1.807) is 13.8 Å². The van der Waals surface area contributed by atoms with Crippen LogP contribution in [-0.4, -0.2) is 12.6 Å². The second-order valence-corrected chi connectivity index (χ2v) is 4.15. The topological polar surface area (TPSA) is 26.3 Å². The molecule has 0 fully saturated rings. The summed E-state index contributed by atoms with van der Waals surface area (Å²) >= 11 is 11.3. The second kappa shape index (κ2) is 6.03. The van der Waals surface area contributed by atoms with E-state index in [4.69, 9.17) is 27.9 Å². The molecule has 0 bridgehead atoms. The lowest BCUT2D eigenvalue weighted by Crippen LogP contribution is -2.00. The fourth-order valence-corrected chi connectivity index (χ4v) is 1.71. The number of ether oxygens (including phenoxy) is 1. The van der Waals surface area contributed by atoms with Crippen LogP contribution in [-0.2, 0) is 9.53 Å². The van der Waals surface area contributed by atoms with Gasteiger partial charge in [0.1, 0.15) is 0 Å². The van der Waals surface area contributed by atoms with Gasteiger partial charge in [0, 0.05) is 6.08 Å². The third-order valence-electron chi connectivity index (χ3n) is 2.06. The number of rotatable bonds is 3. The van der Waals surface area contributed by atoms with Gasteiger partial charge >= 0.3 is 5.97 Å². The minimum Gasteiger partial charge on any atom is -0.463 e. The van der Waals surface area contributed by atoms with Gasteiger partial charge in [-0.1, -0.05) is 23.2 Å². The van der Waals surface area contributed by atoms with E-state index < -0.39 is 11.8 Å². The van der Waals surface area contributed by atoms with Crippen LogP contribution in [0.1, 0.15) is 19.4 Å². The van der Waals surface area contributed by atoms with E-state index in [1.165, 1.54) is 18.2 Å². The SMILES string of the molecule is CCOC(=O)/C=C(\C)c1cc(Cl)c(F)c(Cl)c1. The molecule has 0 heterocycles. The molecule has 0 atom stereocenters. The molecule has 0 aliphatic heterocycles. The zero-order chi connectivity index (χ0) is 13.0. The Morgan fingerprint density at radius 2 is 1.94 bits per heavy atom. The van der Waals surface area contributed by atoms with Crippen molar-refractivity contribution in [2.75, 3.05) is 6.61 Å². The Labute approximate surface area is 109 Å². The van der Waals surface area contributed by atoms with Gasteiger partial charge in [0.15, 0.2) is 5.82 Å². The lowest BCUT2D eigenvalue weighted by atomic mass is 10.1. The van der Waals surface area contributed by atoms with Crippen molar-refractivity contribution in [1.82, 2.24) is 0 Å². The molecule has 1 rings (SSSR count). The van der Waals surface area contributed by atoms with Crippen LogP contribution in [0.3, 0.4) is 0 Å². The summed E-state index contributed by atoms with van der Waals surface area (Å²) in [6.45, 7) is 3.71. The predicted molar refractivity (Wildman–Crippen MR) is 66.7 cm³/mol. The van der Waals surface area contributed by atoms with E-state index >= 15 is 0 Å². The lowest BCUT2D eigenvalue weighted by molar-refractivity contribution is -0.137. The van der Waals surface area contributed by atoms with Gasteiger partial charge in [-0.15, -0.1) is 0 Å². The molecule has 1 aromatic carbocycles. The predicted octanol–water partition coefficient (Wildman–Crippen LogP) is 4.10. The standard InChI is InChI=1S/C12H11Cl2FO2/c1-3-17-11(16)4-7(2)8-5-9(13)12(15)10(14)6-8/h4-6H,3H2,1-2H3/b7-4+. The molecule has 0 saturated carbocycles. The maximum atomic E-state index is 13.2. The number of hydrogen-bond donors (Lipinski definition) is 0. The van der Waals surface area contributed by atoms with Crippen molar-refractivity contribution in [2.45, 2.75) is 13.8 Å². The van der Waals surface area contributed by atoms with Gasteiger partial charge in [0.25, 0.3) is 0 Å². The molecular formula is C12H11Cl2FO2. The molecule has 0 spiro atoms. The summed E-state index contributed by atoms with van der Waals surface area (Å²) in [5.41, 5.74) is 1.18. The van der Waals surface area contributed by atoms with Crippen LogP contribution in [0.25, 0.3) is 5.57 Å². The van der Waals surface area contributed by atoms with Crippen LogP contribution < -0.4 is 0 Å². The maximum Gasteiger partial charge on any atom is 0.331 e. The summed E-state index contributed by atoms with van der Waals surface area (Å²) in [7, 11) is 0. The van der Waals surface area contributed by atoms with Crippen molar-refractivity contribution in [3.63, 3.8) is 0 Å². The smallest absolute Gasteiger partial charge is 0.331 e. The Bertz CT molecular complexity index is 447. The quantitative estimate of drug-likeness (QED) is 0.472. The summed E-state index contributed by atoms with van der Waals surface area (Å²) in [6, 6.07) is 2.82. The van der Waals surface area contributed by atoms with Crippen LogP contribution in [0.5, 0.6) is 0 Å². The summed E-state index contributed by atoms with van der Waals surface area (Å²) in [5.74, 6) is -1.12. The number of esters is 1. The summed E-state index contributed by atoms with van der Waals surface area (Å²) in [6.07, 6.45) is 1.31. The van der Waals surface area contributed by atoms with E-state index in [0.717, 1.165) is 0 Å². The van der Waals surface area contributed by atoms with Crippen molar-refractivity contribution >= 4 is 34.7 Å². The Morgan fingerprint density at radius 3 is 2.41 bits per heavy atom. The van der Waals surface area contributed by atoms with Crippen LogP contribution in [0, 0.1) is 5.82 Å². The van der Waals surface area contributed by atoms with Crippen LogP contribution in [0.2, 0.25) is 10.0 Å². The second-order valence-electron chi connectivity index (χ2n) is 3.33. The molecule has 0 radical (unpaired) electrons. The van der Waals surface area contributed by atoms with Crippen molar-refractivity contribution in [1.29, 1.82) is 0 Å². The molecule has 1 aromatic rings. The van der Waals surface area contributed by atoms with Crippen molar-refractivity contribution in [3.8, 4) is 0 Å². The van der Waals surface area contributed by atoms with Gasteiger partial charge in [0.05, 0.1) is 16.7 Å². The van der Waals surface area contributed by atoms with Crippen molar-refractivity contribution < 1.29 is 13.9 Å². The molecular weight excluding hydrogens is 266 g/mol. The Kier molecular flexibility index (Phi) is 4.97. The summed E-state index contributed by atoms with van der Waals surface area (Å²) in [4.78, 5) is 11.2. The number of carbonyl (C=O) groups is 1. The molecule has 0 saturated heterocycles. The Balaban J connectivity index is 3.04. The van der Waals surface area contributed by atoms with Crippen LogP contribution >= 0.6 is 23.2 Å². The number of hydrogen-bond acceptors (Lipinski definition) is 2. The van der Waals surface area contributed by atoms with E-state index in [9.17, 15) is 9.18 Å². The normalized spacial score (nSPS) is 11.5. The summed E-state index contributed by atoms with van der Waals surface area (Å²) in [5, 5.41) is -0.159. The average Bonchev–Trinajstić information content (AvgIpc) is 2.25. The van der Waals surface area contributed by atoms with Gasteiger partial charge in [0.2, 0.25) is 0 Å². The molecule has 0 N–H and O–H groups in total. The molecule has 0 aliphatic carbocycles. The van der Waals surface area contributed by atoms with Crippen molar-refractivity contribution in [3.05, 3.63) is 39.6 Å². The van der Waals surface area contributed by atoms with Gasteiger partial charge in [-0.2, -0.15) is 0 Å². The first-order valence-corrected chi connectivity index (χ1v) is 5.71. The Hall–Kier alpha value is -1.06. The van der Waals surface area contributed by atoms with E-state index in [1.807, 2.05) is 0 Å². The monoisotopic (exact) mass is 276 g/mol. The van der Waals surface area contributed by atoms with E-state index in [2.05, 4.69) is 0 Å². The zero-order valence-electron chi connectivity index (χ0n) is 9.39. The number of carbonyl (C=O) groups excluding carboxylic acids is 1. The molecule has 5 heteroatoms. The van der Waals surface area contributed by atoms with E-state index in [-0.39, 0.29) is 10.0 Å². The number of benzene rings is 1. The largest absolute Gasteiger partial charge is 0.463 e. The molecule has 2 nitrogen and oxygen atoms in total. The first-order valence-electron chi connectivity index (χ1n) is 4.95. The van der Waals surface area contributed by atoms with Gasteiger partial charge in [-0.3, -0.25) is 0 Å².